The van der Waals surface area contributed by atoms with Gasteiger partial charge in [0, 0.05) is 37.7 Å². The van der Waals surface area contributed by atoms with Crippen molar-refractivity contribution in [2.75, 3.05) is 33.3 Å². The highest BCUT2D eigenvalue weighted by atomic mass is 16.5. The first kappa shape index (κ1) is 18.4. The SMILES string of the molecule is COc1ccc(C(=O)N2CCN(C(C)c3nc(C(C)C)no3)CC2)cc1. The Balaban J connectivity index is 1.58. The zero-order chi connectivity index (χ0) is 18.7. The van der Waals surface area contributed by atoms with Gasteiger partial charge in [-0.3, -0.25) is 9.69 Å². The molecule has 1 amide bonds. The van der Waals surface area contributed by atoms with Crippen LogP contribution in [0.4, 0.5) is 0 Å². The number of piperazine rings is 1. The Morgan fingerprint density at radius 1 is 1.12 bits per heavy atom. The van der Waals surface area contributed by atoms with Gasteiger partial charge in [0.15, 0.2) is 5.82 Å². The average Bonchev–Trinajstić information content (AvgIpc) is 3.17. The van der Waals surface area contributed by atoms with Gasteiger partial charge in [0.1, 0.15) is 5.75 Å². The number of rotatable bonds is 5. The van der Waals surface area contributed by atoms with Crippen molar-refractivity contribution in [2.45, 2.75) is 32.7 Å². The Kier molecular flexibility index (Phi) is 5.56. The normalized spacial score (nSPS) is 16.7. The number of methoxy groups -OCH3 is 1. The first-order valence-corrected chi connectivity index (χ1v) is 9.00. The molecule has 1 unspecified atom stereocenters. The Morgan fingerprint density at radius 2 is 1.77 bits per heavy atom. The molecule has 0 radical (unpaired) electrons. The molecule has 1 aromatic heterocycles. The molecule has 1 atom stereocenters. The van der Waals surface area contributed by atoms with Crippen molar-refractivity contribution >= 4 is 5.91 Å². The van der Waals surface area contributed by atoms with Crippen LogP contribution in [-0.2, 0) is 0 Å². The second-order valence-corrected chi connectivity index (χ2v) is 6.88. The van der Waals surface area contributed by atoms with Gasteiger partial charge in [-0.25, -0.2) is 0 Å². The van der Waals surface area contributed by atoms with E-state index in [0.717, 1.165) is 24.7 Å². The van der Waals surface area contributed by atoms with E-state index in [1.807, 2.05) is 43.0 Å². The van der Waals surface area contributed by atoms with Crippen molar-refractivity contribution in [3.05, 3.63) is 41.5 Å². The first-order chi connectivity index (χ1) is 12.5. The van der Waals surface area contributed by atoms with Crippen molar-refractivity contribution in [3.63, 3.8) is 0 Å². The molecule has 2 heterocycles. The van der Waals surface area contributed by atoms with Crippen LogP contribution in [0.15, 0.2) is 28.8 Å². The van der Waals surface area contributed by atoms with Gasteiger partial charge in [-0.2, -0.15) is 4.98 Å². The fourth-order valence-corrected chi connectivity index (χ4v) is 3.04. The predicted molar refractivity (Wildman–Crippen MR) is 97.3 cm³/mol. The lowest BCUT2D eigenvalue weighted by atomic mass is 10.1. The molecule has 1 fully saturated rings. The highest BCUT2D eigenvalue weighted by molar-refractivity contribution is 5.94. The third-order valence-corrected chi connectivity index (χ3v) is 4.82. The van der Waals surface area contributed by atoms with E-state index in [9.17, 15) is 4.79 Å². The molecule has 2 aromatic rings. The number of nitrogens with zero attached hydrogens (tertiary/aromatic N) is 4. The van der Waals surface area contributed by atoms with Crippen LogP contribution in [0.25, 0.3) is 0 Å². The van der Waals surface area contributed by atoms with E-state index in [1.165, 1.54) is 0 Å². The van der Waals surface area contributed by atoms with E-state index in [4.69, 9.17) is 9.26 Å². The molecular formula is C19H26N4O3. The summed E-state index contributed by atoms with van der Waals surface area (Å²) in [7, 11) is 1.62. The van der Waals surface area contributed by atoms with E-state index in [2.05, 4.69) is 22.0 Å². The van der Waals surface area contributed by atoms with Gasteiger partial charge < -0.3 is 14.2 Å². The van der Waals surface area contributed by atoms with E-state index >= 15 is 0 Å². The minimum absolute atomic E-state index is 0.0493. The van der Waals surface area contributed by atoms with Crippen molar-refractivity contribution in [1.82, 2.24) is 19.9 Å². The quantitative estimate of drug-likeness (QED) is 0.818. The molecule has 1 saturated heterocycles. The minimum Gasteiger partial charge on any atom is -0.497 e. The van der Waals surface area contributed by atoms with E-state index in [0.29, 0.717) is 24.5 Å². The smallest absolute Gasteiger partial charge is 0.253 e. The van der Waals surface area contributed by atoms with Crippen molar-refractivity contribution in [3.8, 4) is 5.75 Å². The van der Waals surface area contributed by atoms with Crippen LogP contribution in [0.1, 0.15) is 54.8 Å². The van der Waals surface area contributed by atoms with Gasteiger partial charge in [-0.1, -0.05) is 19.0 Å². The van der Waals surface area contributed by atoms with E-state index < -0.39 is 0 Å². The summed E-state index contributed by atoms with van der Waals surface area (Å²) < 4.78 is 10.6. The first-order valence-electron chi connectivity index (χ1n) is 9.00. The summed E-state index contributed by atoms with van der Waals surface area (Å²) in [5.74, 6) is 2.43. The monoisotopic (exact) mass is 358 g/mol. The number of hydrogen-bond donors (Lipinski definition) is 0. The molecule has 0 aliphatic carbocycles. The molecule has 7 heteroatoms. The molecule has 1 aliphatic rings. The maximum Gasteiger partial charge on any atom is 0.253 e. The molecule has 1 aliphatic heterocycles. The average molecular weight is 358 g/mol. The maximum atomic E-state index is 12.6. The molecule has 0 saturated carbocycles. The number of carbonyl (C=O) groups is 1. The topological polar surface area (TPSA) is 71.7 Å². The van der Waals surface area contributed by atoms with Gasteiger partial charge in [0.2, 0.25) is 5.89 Å². The largest absolute Gasteiger partial charge is 0.497 e. The van der Waals surface area contributed by atoms with Gasteiger partial charge >= 0.3 is 0 Å². The molecule has 0 spiro atoms. The van der Waals surface area contributed by atoms with Gasteiger partial charge in [0.25, 0.3) is 5.91 Å². The third-order valence-electron chi connectivity index (χ3n) is 4.82. The number of carbonyl (C=O) groups excluding carboxylic acids is 1. The van der Waals surface area contributed by atoms with Crippen LogP contribution in [0, 0.1) is 0 Å². The van der Waals surface area contributed by atoms with Crippen LogP contribution in [0.3, 0.4) is 0 Å². The number of amides is 1. The zero-order valence-corrected chi connectivity index (χ0v) is 15.8. The Bertz CT molecular complexity index is 733. The van der Waals surface area contributed by atoms with Crippen LogP contribution in [0.2, 0.25) is 0 Å². The third kappa shape index (κ3) is 3.88. The minimum atomic E-state index is 0.0493. The number of hydrogen-bond acceptors (Lipinski definition) is 6. The van der Waals surface area contributed by atoms with E-state index in [-0.39, 0.29) is 17.9 Å². The zero-order valence-electron chi connectivity index (χ0n) is 15.8. The molecule has 0 bridgehead atoms. The Morgan fingerprint density at radius 3 is 2.31 bits per heavy atom. The van der Waals surface area contributed by atoms with E-state index in [1.54, 1.807) is 7.11 Å². The Hall–Kier alpha value is -2.41. The summed E-state index contributed by atoms with van der Waals surface area (Å²) >= 11 is 0. The molecule has 0 N–H and O–H groups in total. The van der Waals surface area contributed by atoms with Gasteiger partial charge in [-0.15, -0.1) is 0 Å². The highest BCUT2D eigenvalue weighted by Crippen LogP contribution is 2.22. The van der Waals surface area contributed by atoms with Crippen molar-refractivity contribution in [2.24, 2.45) is 0 Å². The van der Waals surface area contributed by atoms with Crippen LogP contribution in [0.5, 0.6) is 5.75 Å². The lowest BCUT2D eigenvalue weighted by molar-refractivity contribution is 0.0551. The van der Waals surface area contributed by atoms with Crippen LogP contribution >= 0.6 is 0 Å². The van der Waals surface area contributed by atoms with Crippen molar-refractivity contribution in [1.29, 1.82) is 0 Å². The van der Waals surface area contributed by atoms with Crippen molar-refractivity contribution < 1.29 is 14.1 Å². The summed E-state index contributed by atoms with van der Waals surface area (Å²) in [6, 6.07) is 7.29. The predicted octanol–water partition coefficient (Wildman–Crippen LogP) is 2.72. The summed E-state index contributed by atoms with van der Waals surface area (Å²) in [5, 5.41) is 4.04. The standard InChI is InChI=1S/C19H26N4O3/c1-13(2)17-20-18(26-21-17)14(3)22-9-11-23(12-10-22)19(24)15-5-7-16(25-4)8-6-15/h5-8,13-14H,9-12H2,1-4H3. The molecule has 26 heavy (non-hydrogen) atoms. The molecule has 3 rings (SSSR count). The highest BCUT2D eigenvalue weighted by Gasteiger charge is 2.28. The summed E-state index contributed by atoms with van der Waals surface area (Å²) in [4.78, 5) is 21.3. The van der Waals surface area contributed by atoms with Crippen LogP contribution < -0.4 is 4.74 Å². The van der Waals surface area contributed by atoms with Crippen LogP contribution in [-0.4, -0.2) is 59.1 Å². The Labute approximate surface area is 153 Å². The summed E-state index contributed by atoms with van der Waals surface area (Å²) in [5.41, 5.74) is 0.686. The van der Waals surface area contributed by atoms with Gasteiger partial charge in [-0.05, 0) is 31.2 Å². The second kappa shape index (κ2) is 7.86. The lowest BCUT2D eigenvalue weighted by Crippen LogP contribution is -2.49. The summed E-state index contributed by atoms with van der Waals surface area (Å²) in [6.45, 7) is 9.08. The molecular weight excluding hydrogens is 332 g/mol. The maximum absolute atomic E-state index is 12.6. The summed E-state index contributed by atoms with van der Waals surface area (Å²) in [6.07, 6.45) is 0. The number of ether oxygens (including phenoxy) is 1. The fraction of sp³-hybridized carbons (Fsp3) is 0.526. The molecule has 1 aromatic carbocycles. The molecule has 140 valence electrons. The number of benzene rings is 1. The number of aromatic nitrogens is 2. The lowest BCUT2D eigenvalue weighted by Gasteiger charge is -2.36. The second-order valence-electron chi connectivity index (χ2n) is 6.88. The fourth-order valence-electron chi connectivity index (χ4n) is 3.04. The molecule has 7 nitrogen and oxygen atoms in total. The van der Waals surface area contributed by atoms with Gasteiger partial charge in [0.05, 0.1) is 13.2 Å².